The molecule has 1 heterocycles. The molecule has 0 aliphatic heterocycles. The molecule has 0 spiro atoms. The number of hydrogen-bond acceptors (Lipinski definition) is 5. The molecule has 0 aliphatic rings. The van der Waals surface area contributed by atoms with Gasteiger partial charge in [0.05, 0.1) is 12.7 Å². The summed E-state index contributed by atoms with van der Waals surface area (Å²) >= 11 is 0. The lowest BCUT2D eigenvalue weighted by molar-refractivity contribution is 0.408. The third-order valence-corrected chi connectivity index (χ3v) is 2.86. The average Bonchev–Trinajstić information content (AvgIpc) is 2.86. The smallest absolute Gasteiger partial charge is 0.260 e. The van der Waals surface area contributed by atoms with Crippen molar-refractivity contribution in [2.45, 2.75) is 19.4 Å². The van der Waals surface area contributed by atoms with E-state index in [9.17, 15) is 4.39 Å². The van der Waals surface area contributed by atoms with Gasteiger partial charge < -0.3 is 14.6 Å². The Bertz CT molecular complexity index is 557. The topological polar surface area (TPSA) is 60.2 Å². The fourth-order valence-corrected chi connectivity index (χ4v) is 1.62. The largest absolute Gasteiger partial charge is 0.497 e. The second-order valence-corrected chi connectivity index (χ2v) is 4.26. The summed E-state index contributed by atoms with van der Waals surface area (Å²) in [5, 5.41) is 6.92. The minimum Gasteiger partial charge on any atom is -0.497 e. The molecule has 6 heteroatoms. The van der Waals surface area contributed by atoms with E-state index in [2.05, 4.69) is 15.5 Å². The van der Waals surface area contributed by atoms with Gasteiger partial charge in [0.1, 0.15) is 11.6 Å². The van der Waals surface area contributed by atoms with Crippen molar-refractivity contribution in [3.63, 3.8) is 0 Å². The van der Waals surface area contributed by atoms with Crippen LogP contribution in [0.3, 0.4) is 0 Å². The van der Waals surface area contributed by atoms with Gasteiger partial charge in [0, 0.05) is 18.5 Å². The lowest BCUT2D eigenvalue weighted by Gasteiger charge is -2.04. The number of nitrogens with one attached hydrogen (secondary N) is 1. The van der Waals surface area contributed by atoms with Crippen LogP contribution in [0.4, 0.5) is 4.39 Å². The molecule has 0 saturated carbocycles. The van der Waals surface area contributed by atoms with Gasteiger partial charge in [-0.2, -0.15) is 4.98 Å². The maximum Gasteiger partial charge on any atom is 0.260 e. The van der Waals surface area contributed by atoms with E-state index in [1.54, 1.807) is 12.1 Å². The van der Waals surface area contributed by atoms with E-state index in [0.29, 0.717) is 18.0 Å². The predicted molar refractivity (Wildman–Crippen MR) is 68.5 cm³/mol. The summed E-state index contributed by atoms with van der Waals surface area (Å²) < 4.78 is 23.9. The van der Waals surface area contributed by atoms with Crippen molar-refractivity contribution in [3.05, 3.63) is 29.8 Å². The third kappa shape index (κ3) is 3.08. The van der Waals surface area contributed by atoms with Crippen LogP contribution >= 0.6 is 0 Å². The van der Waals surface area contributed by atoms with E-state index in [-0.39, 0.29) is 17.5 Å². The van der Waals surface area contributed by atoms with Crippen LogP contribution < -0.4 is 10.1 Å². The Hall–Kier alpha value is -1.95. The Balaban J connectivity index is 2.23. The first-order valence-electron chi connectivity index (χ1n) is 5.97. The third-order valence-electron chi connectivity index (χ3n) is 2.86. The van der Waals surface area contributed by atoms with Gasteiger partial charge in [0.15, 0.2) is 5.82 Å². The van der Waals surface area contributed by atoms with Crippen molar-refractivity contribution < 1.29 is 13.7 Å². The first-order chi connectivity index (χ1) is 9.13. The van der Waals surface area contributed by atoms with Gasteiger partial charge >= 0.3 is 0 Å². The van der Waals surface area contributed by atoms with Crippen LogP contribution in [0.15, 0.2) is 22.7 Å². The van der Waals surface area contributed by atoms with Crippen LogP contribution in [0, 0.1) is 5.82 Å². The molecule has 2 aromatic rings. The average molecular weight is 265 g/mol. The van der Waals surface area contributed by atoms with E-state index in [4.69, 9.17) is 9.26 Å². The van der Waals surface area contributed by atoms with Crippen molar-refractivity contribution in [1.29, 1.82) is 0 Å². The molecule has 19 heavy (non-hydrogen) atoms. The van der Waals surface area contributed by atoms with Crippen LogP contribution in [-0.2, 0) is 6.42 Å². The Kier molecular flexibility index (Phi) is 4.11. The molecule has 1 aromatic carbocycles. The van der Waals surface area contributed by atoms with Gasteiger partial charge in [-0.15, -0.1) is 0 Å². The van der Waals surface area contributed by atoms with E-state index in [1.165, 1.54) is 13.2 Å². The second kappa shape index (κ2) is 5.79. The minimum atomic E-state index is -0.448. The quantitative estimate of drug-likeness (QED) is 0.896. The predicted octanol–water partition coefficient (Wildman–Crippen LogP) is 2.03. The summed E-state index contributed by atoms with van der Waals surface area (Å²) in [7, 11) is 3.34. The Morgan fingerprint density at radius 2 is 2.26 bits per heavy atom. The lowest BCUT2D eigenvalue weighted by Crippen LogP contribution is -2.24. The number of benzene rings is 1. The zero-order valence-electron chi connectivity index (χ0n) is 11.1. The monoisotopic (exact) mass is 265 g/mol. The molecule has 1 aromatic heterocycles. The Morgan fingerprint density at radius 3 is 2.89 bits per heavy atom. The van der Waals surface area contributed by atoms with E-state index >= 15 is 0 Å². The van der Waals surface area contributed by atoms with Crippen LogP contribution in [-0.4, -0.2) is 30.3 Å². The maximum absolute atomic E-state index is 13.8. The highest BCUT2D eigenvalue weighted by Gasteiger charge is 2.15. The molecule has 102 valence electrons. The molecule has 0 amide bonds. The molecule has 0 bridgehead atoms. The standard InChI is InChI=1S/C13H16FN3O2/c1-8(15-2)6-12-16-13(19-17-12)10-5-4-9(18-3)7-11(10)14/h4-5,7-8,15H,6H2,1-3H3. The van der Waals surface area contributed by atoms with Crippen molar-refractivity contribution >= 4 is 0 Å². The van der Waals surface area contributed by atoms with Crippen LogP contribution in [0.25, 0.3) is 11.5 Å². The van der Waals surface area contributed by atoms with E-state index in [1.807, 2.05) is 14.0 Å². The normalized spacial score (nSPS) is 12.4. The molecule has 0 aliphatic carbocycles. The molecule has 1 unspecified atom stereocenters. The van der Waals surface area contributed by atoms with Gasteiger partial charge in [-0.3, -0.25) is 0 Å². The highest BCUT2D eigenvalue weighted by atomic mass is 19.1. The molecular weight excluding hydrogens is 249 g/mol. The highest BCUT2D eigenvalue weighted by molar-refractivity contribution is 5.55. The summed E-state index contributed by atoms with van der Waals surface area (Å²) in [4.78, 5) is 4.19. The van der Waals surface area contributed by atoms with Gasteiger partial charge in [0.25, 0.3) is 5.89 Å². The fourth-order valence-electron chi connectivity index (χ4n) is 1.62. The number of likely N-dealkylation sites (N-methyl/N-ethyl adjacent to an activating group) is 1. The summed E-state index contributed by atoms with van der Waals surface area (Å²) in [6, 6.07) is 4.73. The number of rotatable bonds is 5. The van der Waals surface area contributed by atoms with Gasteiger partial charge in [-0.25, -0.2) is 4.39 Å². The number of ether oxygens (including phenoxy) is 1. The van der Waals surface area contributed by atoms with Crippen LogP contribution in [0.1, 0.15) is 12.7 Å². The second-order valence-electron chi connectivity index (χ2n) is 4.26. The number of methoxy groups -OCH3 is 1. The highest BCUT2D eigenvalue weighted by Crippen LogP contribution is 2.24. The van der Waals surface area contributed by atoms with Crippen molar-refractivity contribution in [2.24, 2.45) is 0 Å². The van der Waals surface area contributed by atoms with E-state index in [0.717, 1.165) is 0 Å². The molecule has 1 N–H and O–H groups in total. The maximum atomic E-state index is 13.8. The zero-order valence-corrected chi connectivity index (χ0v) is 11.1. The van der Waals surface area contributed by atoms with Crippen molar-refractivity contribution in [1.82, 2.24) is 15.5 Å². The number of halogens is 1. The molecule has 2 rings (SSSR count). The first-order valence-corrected chi connectivity index (χ1v) is 5.97. The van der Waals surface area contributed by atoms with Gasteiger partial charge in [-0.1, -0.05) is 5.16 Å². The zero-order chi connectivity index (χ0) is 13.8. The molecule has 5 nitrogen and oxygen atoms in total. The SMILES string of the molecule is CNC(C)Cc1noc(-c2ccc(OC)cc2F)n1. The number of aromatic nitrogens is 2. The lowest BCUT2D eigenvalue weighted by atomic mass is 10.2. The number of nitrogens with zero attached hydrogens (tertiary/aromatic N) is 2. The molecule has 0 fully saturated rings. The molecule has 1 atom stereocenters. The molecule has 0 radical (unpaired) electrons. The fraction of sp³-hybridized carbons (Fsp3) is 0.385. The number of hydrogen-bond donors (Lipinski definition) is 1. The van der Waals surface area contributed by atoms with E-state index < -0.39 is 5.82 Å². The van der Waals surface area contributed by atoms with Gasteiger partial charge in [0.2, 0.25) is 0 Å². The Labute approximate surface area is 110 Å². The molecule has 0 saturated heterocycles. The van der Waals surface area contributed by atoms with Gasteiger partial charge in [-0.05, 0) is 26.1 Å². The summed E-state index contributed by atoms with van der Waals surface area (Å²) in [5.74, 6) is 0.728. The Morgan fingerprint density at radius 1 is 1.47 bits per heavy atom. The first kappa shape index (κ1) is 13.5. The summed E-state index contributed by atoms with van der Waals surface area (Å²) in [5.41, 5.74) is 0.275. The summed E-state index contributed by atoms with van der Waals surface area (Å²) in [6.07, 6.45) is 0.623. The minimum absolute atomic E-state index is 0.179. The van der Waals surface area contributed by atoms with Crippen LogP contribution in [0.2, 0.25) is 0 Å². The van der Waals surface area contributed by atoms with Crippen LogP contribution in [0.5, 0.6) is 5.75 Å². The summed E-state index contributed by atoms with van der Waals surface area (Å²) in [6.45, 7) is 2.00. The molecular formula is C13H16FN3O2. The van der Waals surface area contributed by atoms with Crippen molar-refractivity contribution in [3.8, 4) is 17.2 Å². The van der Waals surface area contributed by atoms with Crippen molar-refractivity contribution in [2.75, 3.05) is 14.2 Å².